The van der Waals surface area contributed by atoms with Gasteiger partial charge in [-0.25, -0.2) is 9.67 Å². The lowest BCUT2D eigenvalue weighted by Crippen LogP contribution is -1.93. The minimum atomic E-state index is 0.580. The van der Waals surface area contributed by atoms with Crippen molar-refractivity contribution < 1.29 is 4.42 Å². The molecule has 0 amide bonds. The van der Waals surface area contributed by atoms with Gasteiger partial charge < -0.3 is 4.42 Å². The average molecular weight is 369 g/mol. The summed E-state index contributed by atoms with van der Waals surface area (Å²) in [6, 6.07) is 10.2. The fraction of sp³-hybridized carbons (Fsp3) is 0.176. The highest BCUT2D eigenvalue weighted by atomic mass is 32.2. The standard InChI is InChI=1S/C17H15N5OS2/c1-12-19-14(11-24-12)9-16-20-21-17(23-16)25-10-13-3-5-15(6-4-13)22-8-2-7-18-22/h2-8,11H,9-10H2,1H3. The van der Waals surface area contributed by atoms with Gasteiger partial charge in [0.2, 0.25) is 5.89 Å². The Morgan fingerprint density at radius 2 is 2.08 bits per heavy atom. The van der Waals surface area contributed by atoms with Crippen LogP contribution in [0.25, 0.3) is 5.69 Å². The molecule has 0 unspecified atom stereocenters. The summed E-state index contributed by atoms with van der Waals surface area (Å²) in [5.41, 5.74) is 3.20. The van der Waals surface area contributed by atoms with Gasteiger partial charge in [-0.05, 0) is 30.7 Å². The van der Waals surface area contributed by atoms with Crippen molar-refractivity contribution in [2.45, 2.75) is 24.3 Å². The molecular formula is C17H15N5OS2. The maximum Gasteiger partial charge on any atom is 0.276 e. The molecule has 0 aliphatic rings. The van der Waals surface area contributed by atoms with Crippen molar-refractivity contribution in [2.24, 2.45) is 0 Å². The van der Waals surface area contributed by atoms with Crippen LogP contribution in [0.4, 0.5) is 0 Å². The molecule has 126 valence electrons. The molecule has 25 heavy (non-hydrogen) atoms. The normalized spacial score (nSPS) is 11.1. The van der Waals surface area contributed by atoms with Crippen LogP contribution in [-0.2, 0) is 12.2 Å². The second kappa shape index (κ2) is 7.20. The number of hydrogen-bond acceptors (Lipinski definition) is 7. The van der Waals surface area contributed by atoms with E-state index in [4.69, 9.17) is 4.42 Å². The predicted molar refractivity (Wildman–Crippen MR) is 97.1 cm³/mol. The number of thiazole rings is 1. The molecule has 8 heteroatoms. The highest BCUT2D eigenvalue weighted by Crippen LogP contribution is 2.23. The van der Waals surface area contributed by atoms with Gasteiger partial charge in [0.25, 0.3) is 5.22 Å². The van der Waals surface area contributed by atoms with E-state index < -0.39 is 0 Å². The summed E-state index contributed by atoms with van der Waals surface area (Å²) < 4.78 is 7.53. The molecular weight excluding hydrogens is 354 g/mol. The Morgan fingerprint density at radius 3 is 2.80 bits per heavy atom. The van der Waals surface area contributed by atoms with E-state index in [1.165, 1.54) is 17.3 Å². The summed E-state index contributed by atoms with van der Waals surface area (Å²) >= 11 is 3.16. The molecule has 0 N–H and O–H groups in total. The molecule has 0 bridgehead atoms. The van der Waals surface area contributed by atoms with E-state index in [9.17, 15) is 0 Å². The molecule has 0 aliphatic heterocycles. The first-order chi connectivity index (χ1) is 12.3. The van der Waals surface area contributed by atoms with Crippen LogP contribution in [-0.4, -0.2) is 25.0 Å². The maximum atomic E-state index is 5.69. The van der Waals surface area contributed by atoms with Gasteiger partial charge in [-0.3, -0.25) is 0 Å². The lowest BCUT2D eigenvalue weighted by atomic mass is 10.2. The van der Waals surface area contributed by atoms with Crippen molar-refractivity contribution in [3.05, 3.63) is 70.3 Å². The van der Waals surface area contributed by atoms with Gasteiger partial charge in [-0.15, -0.1) is 21.5 Å². The van der Waals surface area contributed by atoms with Gasteiger partial charge in [-0.1, -0.05) is 23.9 Å². The number of aromatic nitrogens is 5. The van der Waals surface area contributed by atoms with E-state index in [1.54, 1.807) is 17.5 Å². The van der Waals surface area contributed by atoms with Crippen LogP contribution in [0, 0.1) is 6.92 Å². The molecule has 0 saturated heterocycles. The Balaban J connectivity index is 1.35. The van der Waals surface area contributed by atoms with Crippen LogP contribution in [0.5, 0.6) is 0 Å². The number of nitrogens with zero attached hydrogens (tertiary/aromatic N) is 5. The third-order valence-corrected chi connectivity index (χ3v) is 5.23. The summed E-state index contributed by atoms with van der Waals surface area (Å²) in [6.45, 7) is 1.99. The topological polar surface area (TPSA) is 69.6 Å². The largest absolute Gasteiger partial charge is 0.416 e. The van der Waals surface area contributed by atoms with E-state index in [2.05, 4.69) is 32.4 Å². The van der Waals surface area contributed by atoms with Crippen molar-refractivity contribution in [3.8, 4) is 5.69 Å². The predicted octanol–water partition coefficient (Wildman–Crippen LogP) is 3.90. The first kappa shape index (κ1) is 16.0. The smallest absolute Gasteiger partial charge is 0.276 e. The Hall–Kier alpha value is -2.45. The minimum Gasteiger partial charge on any atom is -0.416 e. The molecule has 0 fully saturated rings. The third-order valence-electron chi connectivity index (χ3n) is 3.51. The minimum absolute atomic E-state index is 0.580. The zero-order valence-electron chi connectivity index (χ0n) is 13.5. The van der Waals surface area contributed by atoms with Crippen LogP contribution >= 0.6 is 23.1 Å². The summed E-state index contributed by atoms with van der Waals surface area (Å²) in [5.74, 6) is 1.37. The zero-order valence-corrected chi connectivity index (χ0v) is 15.1. The van der Waals surface area contributed by atoms with Gasteiger partial charge in [0.05, 0.1) is 22.8 Å². The van der Waals surface area contributed by atoms with E-state index >= 15 is 0 Å². The van der Waals surface area contributed by atoms with Gasteiger partial charge in [-0.2, -0.15) is 5.10 Å². The Labute approximate surface area is 152 Å². The second-order valence-corrected chi connectivity index (χ2v) is 7.39. The lowest BCUT2D eigenvalue weighted by molar-refractivity contribution is 0.419. The lowest BCUT2D eigenvalue weighted by Gasteiger charge is -2.03. The van der Waals surface area contributed by atoms with Crippen LogP contribution < -0.4 is 0 Å². The van der Waals surface area contributed by atoms with Crippen molar-refractivity contribution in [2.75, 3.05) is 0 Å². The maximum absolute atomic E-state index is 5.69. The highest BCUT2D eigenvalue weighted by molar-refractivity contribution is 7.98. The monoisotopic (exact) mass is 369 g/mol. The Kier molecular flexibility index (Phi) is 4.62. The van der Waals surface area contributed by atoms with Crippen LogP contribution in [0.15, 0.2) is 57.7 Å². The number of rotatable bonds is 6. The molecule has 1 aromatic carbocycles. The molecule has 3 aromatic heterocycles. The van der Waals surface area contributed by atoms with E-state index in [0.717, 1.165) is 22.1 Å². The van der Waals surface area contributed by atoms with Crippen molar-refractivity contribution in [1.82, 2.24) is 25.0 Å². The molecule has 4 rings (SSSR count). The average Bonchev–Trinajstić information content (AvgIpc) is 3.37. The van der Waals surface area contributed by atoms with Crippen molar-refractivity contribution in [1.29, 1.82) is 0 Å². The Bertz CT molecular complexity index is 944. The molecule has 6 nitrogen and oxygen atoms in total. The molecule has 3 heterocycles. The molecule has 0 atom stereocenters. The number of aryl methyl sites for hydroxylation is 1. The van der Waals surface area contributed by atoms with Gasteiger partial charge >= 0.3 is 0 Å². The number of thioether (sulfide) groups is 1. The summed E-state index contributed by atoms with van der Waals surface area (Å²) in [4.78, 5) is 4.41. The summed E-state index contributed by atoms with van der Waals surface area (Å²) in [5, 5.41) is 16.1. The fourth-order valence-corrected chi connectivity index (χ4v) is 3.67. The SMILES string of the molecule is Cc1nc(Cc2nnc(SCc3ccc(-n4cccn4)cc3)o2)cs1. The van der Waals surface area contributed by atoms with E-state index in [0.29, 0.717) is 17.5 Å². The van der Waals surface area contributed by atoms with Gasteiger partial charge in [0, 0.05) is 23.5 Å². The second-order valence-electron chi connectivity index (χ2n) is 5.40. The fourth-order valence-electron chi connectivity index (χ4n) is 2.32. The highest BCUT2D eigenvalue weighted by Gasteiger charge is 2.10. The zero-order chi connectivity index (χ0) is 17.1. The summed E-state index contributed by atoms with van der Waals surface area (Å²) in [7, 11) is 0. The molecule has 0 saturated carbocycles. The van der Waals surface area contributed by atoms with Crippen molar-refractivity contribution in [3.63, 3.8) is 0 Å². The van der Waals surface area contributed by atoms with Crippen LogP contribution in [0.1, 0.15) is 22.2 Å². The quantitative estimate of drug-likeness (QED) is 0.480. The van der Waals surface area contributed by atoms with Crippen LogP contribution in [0.2, 0.25) is 0 Å². The van der Waals surface area contributed by atoms with Crippen LogP contribution in [0.3, 0.4) is 0 Å². The van der Waals surface area contributed by atoms with E-state index in [-0.39, 0.29) is 0 Å². The molecule has 0 radical (unpaired) electrons. The third kappa shape index (κ3) is 3.97. The first-order valence-electron chi connectivity index (χ1n) is 7.71. The molecule has 4 aromatic rings. The number of benzene rings is 1. The Morgan fingerprint density at radius 1 is 1.20 bits per heavy atom. The first-order valence-corrected chi connectivity index (χ1v) is 9.58. The number of hydrogen-bond donors (Lipinski definition) is 0. The van der Waals surface area contributed by atoms with Gasteiger partial charge in [0.1, 0.15) is 0 Å². The van der Waals surface area contributed by atoms with E-state index in [1.807, 2.05) is 41.4 Å². The molecule has 0 spiro atoms. The summed E-state index contributed by atoms with van der Waals surface area (Å²) in [6.07, 6.45) is 4.27. The molecule has 0 aliphatic carbocycles. The van der Waals surface area contributed by atoms with Crippen molar-refractivity contribution >= 4 is 23.1 Å². The van der Waals surface area contributed by atoms with Gasteiger partial charge in [0.15, 0.2) is 0 Å².